The van der Waals surface area contributed by atoms with Gasteiger partial charge >= 0.3 is 0 Å². The van der Waals surface area contributed by atoms with Gasteiger partial charge < -0.3 is 4.42 Å². The lowest BCUT2D eigenvalue weighted by Gasteiger charge is -2.20. The Hall–Kier alpha value is -2.12. The molecule has 0 saturated heterocycles. The Morgan fingerprint density at radius 1 is 1.27 bits per heavy atom. The second-order valence-corrected chi connectivity index (χ2v) is 8.26. The van der Waals surface area contributed by atoms with Gasteiger partial charge in [-0.05, 0) is 39.8 Å². The van der Waals surface area contributed by atoms with Gasteiger partial charge in [0.15, 0.2) is 0 Å². The molecule has 0 N–H and O–H groups in total. The molecule has 0 aliphatic carbocycles. The van der Waals surface area contributed by atoms with Crippen molar-refractivity contribution in [3.63, 3.8) is 0 Å². The van der Waals surface area contributed by atoms with E-state index in [2.05, 4.69) is 15.3 Å². The summed E-state index contributed by atoms with van der Waals surface area (Å²) >= 11 is 7.57. The number of halogens is 1. The Labute approximate surface area is 160 Å². The monoisotopic (exact) mass is 390 g/mol. The molecule has 0 atom stereocenters. The van der Waals surface area contributed by atoms with E-state index in [1.54, 1.807) is 6.20 Å². The van der Waals surface area contributed by atoms with Crippen LogP contribution in [0.5, 0.6) is 0 Å². The van der Waals surface area contributed by atoms with Crippen LogP contribution in [-0.2, 0) is 11.3 Å². The first-order valence-electron chi connectivity index (χ1n) is 8.06. The van der Waals surface area contributed by atoms with E-state index in [1.165, 1.54) is 16.4 Å². The largest absolute Gasteiger partial charge is 0.420 e. The molecule has 0 bridgehead atoms. The molecule has 136 valence electrons. The molecule has 0 fully saturated rings. The van der Waals surface area contributed by atoms with Crippen molar-refractivity contribution < 1.29 is 4.42 Å². The quantitative estimate of drug-likeness (QED) is 0.618. The molecule has 0 radical (unpaired) electrons. The zero-order valence-electron chi connectivity index (χ0n) is 15.0. The maximum absolute atomic E-state index is 12.4. The summed E-state index contributed by atoms with van der Waals surface area (Å²) in [6.07, 6.45) is 1.59. The van der Waals surface area contributed by atoms with E-state index in [9.17, 15) is 4.79 Å². The summed E-state index contributed by atoms with van der Waals surface area (Å²) in [5.41, 5.74) is 1.25. The van der Waals surface area contributed by atoms with Crippen molar-refractivity contribution in [2.75, 3.05) is 0 Å². The first kappa shape index (κ1) is 18.7. The van der Waals surface area contributed by atoms with Crippen LogP contribution < -0.4 is 5.56 Å². The number of benzene rings is 1. The zero-order chi connectivity index (χ0) is 18.9. The number of hydrogen-bond donors (Lipinski definition) is 0. The summed E-state index contributed by atoms with van der Waals surface area (Å²) in [5, 5.41) is 12.5. The molecule has 6 nitrogen and oxygen atoms in total. The Bertz CT molecular complexity index is 991. The number of thioether (sulfide) groups is 1. The van der Waals surface area contributed by atoms with E-state index < -0.39 is 5.54 Å². The molecule has 0 aliphatic rings. The fourth-order valence-electron chi connectivity index (χ4n) is 2.34. The van der Waals surface area contributed by atoms with Crippen LogP contribution in [0.3, 0.4) is 0 Å². The van der Waals surface area contributed by atoms with Crippen molar-refractivity contribution in [3.8, 4) is 11.5 Å². The average molecular weight is 391 g/mol. The summed E-state index contributed by atoms with van der Waals surface area (Å²) in [5.74, 6) is 1.33. The van der Waals surface area contributed by atoms with Gasteiger partial charge in [0.25, 0.3) is 5.56 Å². The summed E-state index contributed by atoms with van der Waals surface area (Å²) in [7, 11) is 0. The van der Waals surface area contributed by atoms with Gasteiger partial charge in [0, 0.05) is 5.56 Å². The van der Waals surface area contributed by atoms with Crippen molar-refractivity contribution in [1.29, 1.82) is 0 Å². The maximum Gasteiger partial charge on any atom is 0.287 e. The fourth-order valence-corrected chi connectivity index (χ4v) is 3.37. The molecule has 0 aliphatic heterocycles. The standard InChI is InChI=1S/C18H19ClN4O2S/c1-11-6-5-7-12(8-11)16-22-21-14(25-16)10-26-13-9-20-23(18(2,3)4)17(24)15(13)19/h5-9H,10H2,1-4H3. The van der Waals surface area contributed by atoms with Crippen molar-refractivity contribution in [2.45, 2.75) is 43.9 Å². The normalized spacial score (nSPS) is 11.7. The lowest BCUT2D eigenvalue weighted by molar-refractivity contribution is 0.336. The topological polar surface area (TPSA) is 73.8 Å². The second kappa shape index (κ2) is 7.25. The highest BCUT2D eigenvalue weighted by Gasteiger charge is 2.20. The summed E-state index contributed by atoms with van der Waals surface area (Å²) < 4.78 is 7.08. The van der Waals surface area contributed by atoms with Crippen LogP contribution >= 0.6 is 23.4 Å². The summed E-state index contributed by atoms with van der Waals surface area (Å²) in [6.45, 7) is 7.70. The third kappa shape index (κ3) is 3.99. The second-order valence-electron chi connectivity index (χ2n) is 6.87. The maximum atomic E-state index is 12.4. The van der Waals surface area contributed by atoms with Gasteiger partial charge in [-0.25, -0.2) is 4.68 Å². The minimum Gasteiger partial charge on any atom is -0.420 e. The average Bonchev–Trinajstić information content (AvgIpc) is 3.04. The van der Waals surface area contributed by atoms with E-state index >= 15 is 0 Å². The molecule has 26 heavy (non-hydrogen) atoms. The van der Waals surface area contributed by atoms with Gasteiger partial charge in [-0.15, -0.1) is 22.0 Å². The van der Waals surface area contributed by atoms with E-state index in [1.807, 2.05) is 52.0 Å². The third-order valence-electron chi connectivity index (χ3n) is 3.61. The van der Waals surface area contributed by atoms with Crippen LogP contribution in [0.15, 0.2) is 44.6 Å². The van der Waals surface area contributed by atoms with Crippen LogP contribution in [0.1, 0.15) is 32.2 Å². The van der Waals surface area contributed by atoms with Crippen LogP contribution in [0, 0.1) is 6.92 Å². The highest BCUT2D eigenvalue weighted by molar-refractivity contribution is 7.98. The number of aromatic nitrogens is 4. The number of hydrogen-bond acceptors (Lipinski definition) is 6. The predicted octanol–water partition coefficient (Wildman–Crippen LogP) is 4.30. The summed E-state index contributed by atoms with van der Waals surface area (Å²) in [6, 6.07) is 7.85. The molecule has 0 spiro atoms. The molecule has 0 saturated carbocycles. The van der Waals surface area contributed by atoms with Crippen LogP contribution in [0.4, 0.5) is 0 Å². The lowest BCUT2D eigenvalue weighted by Crippen LogP contribution is -2.36. The Kier molecular flexibility index (Phi) is 5.20. The zero-order valence-corrected chi connectivity index (χ0v) is 16.6. The highest BCUT2D eigenvalue weighted by Crippen LogP contribution is 2.28. The van der Waals surface area contributed by atoms with E-state index in [0.717, 1.165) is 11.1 Å². The van der Waals surface area contributed by atoms with Crippen molar-refractivity contribution in [1.82, 2.24) is 20.0 Å². The fraction of sp³-hybridized carbons (Fsp3) is 0.333. The van der Waals surface area contributed by atoms with E-state index in [-0.39, 0.29) is 10.6 Å². The molecular weight excluding hydrogens is 372 g/mol. The number of nitrogens with zero attached hydrogens (tertiary/aromatic N) is 4. The van der Waals surface area contributed by atoms with Crippen molar-refractivity contribution >= 4 is 23.4 Å². The molecule has 2 heterocycles. The van der Waals surface area contributed by atoms with Gasteiger partial charge in [0.2, 0.25) is 11.8 Å². The van der Waals surface area contributed by atoms with Crippen LogP contribution in [0.2, 0.25) is 5.02 Å². The molecule has 3 rings (SSSR count). The Morgan fingerprint density at radius 3 is 2.73 bits per heavy atom. The molecule has 0 unspecified atom stereocenters. The minimum absolute atomic E-state index is 0.151. The molecule has 8 heteroatoms. The first-order chi connectivity index (χ1) is 12.3. The molecule has 2 aromatic heterocycles. The SMILES string of the molecule is Cc1cccc(-c2nnc(CSc3cnn(C(C)(C)C)c(=O)c3Cl)o2)c1. The highest BCUT2D eigenvalue weighted by atomic mass is 35.5. The molecule has 1 aromatic carbocycles. The Balaban J connectivity index is 1.76. The lowest BCUT2D eigenvalue weighted by atomic mass is 10.1. The van der Waals surface area contributed by atoms with Gasteiger partial charge in [-0.3, -0.25) is 4.79 Å². The van der Waals surface area contributed by atoms with Crippen molar-refractivity contribution in [2.24, 2.45) is 0 Å². The molecular formula is C18H19ClN4O2S. The Morgan fingerprint density at radius 2 is 2.04 bits per heavy atom. The van der Waals surface area contributed by atoms with Gasteiger partial charge in [-0.2, -0.15) is 5.10 Å². The smallest absolute Gasteiger partial charge is 0.287 e. The van der Waals surface area contributed by atoms with Crippen LogP contribution in [0.25, 0.3) is 11.5 Å². The van der Waals surface area contributed by atoms with Crippen LogP contribution in [-0.4, -0.2) is 20.0 Å². The molecule has 0 amide bonds. The first-order valence-corrected chi connectivity index (χ1v) is 9.42. The van der Waals surface area contributed by atoms with Gasteiger partial charge in [0.05, 0.1) is 22.4 Å². The third-order valence-corrected chi connectivity index (χ3v) is 5.09. The minimum atomic E-state index is -0.431. The van der Waals surface area contributed by atoms with E-state index in [0.29, 0.717) is 22.4 Å². The summed E-state index contributed by atoms with van der Waals surface area (Å²) in [4.78, 5) is 13.0. The van der Waals surface area contributed by atoms with E-state index in [4.69, 9.17) is 16.0 Å². The van der Waals surface area contributed by atoms with Gasteiger partial charge in [0.1, 0.15) is 5.02 Å². The number of aryl methyl sites for hydroxylation is 1. The molecule has 3 aromatic rings. The van der Waals surface area contributed by atoms with Crippen molar-refractivity contribution in [3.05, 3.63) is 57.3 Å². The number of rotatable bonds is 4. The predicted molar refractivity (Wildman–Crippen MR) is 103 cm³/mol. The van der Waals surface area contributed by atoms with Gasteiger partial charge in [-0.1, -0.05) is 29.3 Å².